The van der Waals surface area contributed by atoms with Crippen LogP contribution in [0.5, 0.6) is 5.75 Å². The minimum absolute atomic E-state index is 0.0365. The topological polar surface area (TPSA) is 90.4 Å². The van der Waals surface area contributed by atoms with Crippen molar-refractivity contribution in [1.29, 1.82) is 0 Å². The maximum atomic E-state index is 13.2. The number of carbonyl (C=O) groups is 1. The summed E-state index contributed by atoms with van der Waals surface area (Å²) in [5.74, 6) is 4.91. The first-order valence-corrected chi connectivity index (χ1v) is 16.6. The van der Waals surface area contributed by atoms with Crippen molar-refractivity contribution < 1.29 is 14.6 Å². The van der Waals surface area contributed by atoms with Gasteiger partial charge in [0.05, 0.1) is 18.0 Å². The van der Waals surface area contributed by atoms with Gasteiger partial charge in [-0.1, -0.05) is 26.0 Å². The molecule has 0 bridgehead atoms. The van der Waals surface area contributed by atoms with Crippen LogP contribution in [0.1, 0.15) is 79.6 Å². The van der Waals surface area contributed by atoms with E-state index in [2.05, 4.69) is 32.5 Å². The third-order valence-electron chi connectivity index (χ3n) is 11.8. The molecule has 0 aliphatic heterocycles. The first-order chi connectivity index (χ1) is 21.7. The minimum atomic E-state index is -0.0521. The van der Waals surface area contributed by atoms with E-state index in [9.17, 15) is 9.90 Å². The summed E-state index contributed by atoms with van der Waals surface area (Å²) in [6, 6.07) is 14.9. The molecule has 2 aromatic carbocycles. The number of carbonyl (C=O) groups excluding carboxylic acids is 1. The molecule has 6 heteroatoms. The number of aliphatic hydroxyl groups excluding tert-OH is 1. The molecule has 236 valence electrons. The Labute approximate surface area is 268 Å². The second kappa shape index (κ2) is 12.6. The summed E-state index contributed by atoms with van der Waals surface area (Å²) < 4.78 is 7.64. The zero-order valence-corrected chi connectivity index (χ0v) is 26.8. The maximum Gasteiger partial charge on any atom is 0.193 e. The van der Waals surface area contributed by atoms with Gasteiger partial charge >= 0.3 is 0 Å². The van der Waals surface area contributed by atoms with Crippen LogP contribution in [0.2, 0.25) is 0 Å². The van der Waals surface area contributed by atoms with Gasteiger partial charge in [0.25, 0.3) is 0 Å². The number of aromatic nitrogens is 2. The number of rotatable bonds is 10. The lowest BCUT2D eigenvalue weighted by Gasteiger charge is -2.55. The Hall–Kier alpha value is -3.66. The number of unbranched alkanes of at least 4 members (excludes halogenated alkanes) is 1. The molecule has 0 unspecified atom stereocenters. The van der Waals surface area contributed by atoms with Crippen molar-refractivity contribution in [1.82, 2.24) is 9.78 Å². The van der Waals surface area contributed by atoms with Gasteiger partial charge in [-0.3, -0.25) is 4.79 Å². The summed E-state index contributed by atoms with van der Waals surface area (Å²) in [6.45, 7) is 10.7. The molecular weight excluding hydrogens is 558 g/mol. The van der Waals surface area contributed by atoms with Gasteiger partial charge in [-0.2, -0.15) is 5.10 Å². The van der Waals surface area contributed by atoms with E-state index in [1.54, 1.807) is 12.1 Å². The van der Waals surface area contributed by atoms with Gasteiger partial charge in [0.2, 0.25) is 0 Å². The highest BCUT2D eigenvalue weighted by Gasteiger charge is 2.56. The third-order valence-corrected chi connectivity index (χ3v) is 11.8. The Balaban J connectivity index is 1.17. The highest BCUT2D eigenvalue weighted by molar-refractivity contribution is 6.09. The Morgan fingerprint density at radius 2 is 1.84 bits per heavy atom. The standard InChI is InChI=1S/C39H47N3O3/c1-5-6-7-20-45-32-15-11-28(12-16-32)37(44)27-9-13-31(14-10-27)42-24-29-22-39(4,30(25-43)21-36(29)41-42)35-18-19-38(3)26(2)8-17-34(38)33(35)23-40/h1,9-16,24,30,33-35,43H,2,6-8,17-23,25,40H2,3-4H3/t30-,33+,34+,35+,38-,39+/m1/s1. The molecule has 3 aromatic rings. The number of terminal acetylenes is 1. The predicted octanol–water partition coefficient (Wildman–Crippen LogP) is 6.57. The molecule has 6 nitrogen and oxygen atoms in total. The number of hydrogen-bond acceptors (Lipinski definition) is 5. The lowest BCUT2D eigenvalue weighted by molar-refractivity contribution is -0.0536. The quantitative estimate of drug-likeness (QED) is 0.118. The fourth-order valence-corrected chi connectivity index (χ4v) is 8.97. The van der Waals surface area contributed by atoms with Crippen LogP contribution in [-0.2, 0) is 12.8 Å². The van der Waals surface area contributed by atoms with Crippen LogP contribution in [-0.4, -0.2) is 40.4 Å². The molecule has 3 aliphatic carbocycles. The molecular formula is C39H47N3O3. The number of ketones is 1. The van der Waals surface area contributed by atoms with Gasteiger partial charge in [0, 0.05) is 30.4 Å². The van der Waals surface area contributed by atoms with Crippen molar-refractivity contribution in [3.8, 4) is 23.8 Å². The molecule has 3 aliphatic rings. The van der Waals surface area contributed by atoms with E-state index in [1.807, 2.05) is 41.1 Å². The number of aliphatic hydroxyl groups is 1. The summed E-state index contributed by atoms with van der Waals surface area (Å²) >= 11 is 0. The lowest BCUT2D eigenvalue weighted by Crippen LogP contribution is -2.53. The second-order valence-corrected chi connectivity index (χ2v) is 14.1. The van der Waals surface area contributed by atoms with Crippen LogP contribution in [0.25, 0.3) is 5.69 Å². The SMILES string of the molecule is C#CCCCOc1ccc(C(=O)c2ccc(-n3cc4c(n3)C[C@H](CO)[C@@](C)([C@H]3CC[C@]5(C)C(=C)CC[C@H]5[C@@H]3CN)C4)cc2)cc1. The van der Waals surface area contributed by atoms with Crippen molar-refractivity contribution in [3.05, 3.63) is 89.3 Å². The van der Waals surface area contributed by atoms with Crippen LogP contribution in [0.15, 0.2) is 66.9 Å². The Kier molecular flexibility index (Phi) is 8.78. The summed E-state index contributed by atoms with van der Waals surface area (Å²) in [6.07, 6.45) is 15.2. The molecule has 0 radical (unpaired) electrons. The lowest BCUT2D eigenvalue weighted by atomic mass is 9.49. The monoisotopic (exact) mass is 605 g/mol. The molecule has 1 aromatic heterocycles. The number of ether oxygens (including phenoxy) is 1. The van der Waals surface area contributed by atoms with Crippen molar-refractivity contribution in [3.63, 3.8) is 0 Å². The summed E-state index contributed by atoms with van der Waals surface area (Å²) in [4.78, 5) is 13.2. The second-order valence-electron chi connectivity index (χ2n) is 14.1. The zero-order valence-electron chi connectivity index (χ0n) is 26.8. The van der Waals surface area contributed by atoms with E-state index in [1.165, 1.54) is 17.6 Å². The summed E-state index contributed by atoms with van der Waals surface area (Å²) in [7, 11) is 0. The molecule has 0 spiro atoms. The van der Waals surface area contributed by atoms with Crippen molar-refractivity contribution in [2.75, 3.05) is 19.8 Å². The van der Waals surface area contributed by atoms with Crippen molar-refractivity contribution in [2.24, 2.45) is 40.2 Å². The molecule has 2 saturated carbocycles. The van der Waals surface area contributed by atoms with E-state index in [4.69, 9.17) is 22.0 Å². The van der Waals surface area contributed by atoms with Gasteiger partial charge in [0.1, 0.15) is 5.75 Å². The van der Waals surface area contributed by atoms with E-state index in [0.717, 1.165) is 55.7 Å². The van der Waals surface area contributed by atoms with Gasteiger partial charge in [-0.05, 0) is 140 Å². The van der Waals surface area contributed by atoms with E-state index < -0.39 is 0 Å². The fraction of sp³-hybridized carbons (Fsp3) is 0.487. The van der Waals surface area contributed by atoms with Crippen LogP contribution in [0.4, 0.5) is 0 Å². The molecule has 6 atom stereocenters. The summed E-state index contributed by atoms with van der Waals surface area (Å²) in [5, 5.41) is 15.7. The molecule has 0 saturated heterocycles. The van der Waals surface area contributed by atoms with Crippen molar-refractivity contribution in [2.45, 2.75) is 65.2 Å². The number of allylic oxidation sites excluding steroid dienone is 1. The molecule has 45 heavy (non-hydrogen) atoms. The first kappa shape index (κ1) is 31.3. The number of hydrogen-bond donors (Lipinski definition) is 2. The number of fused-ring (bicyclic) bond motifs is 2. The normalized spacial score (nSPS) is 29.1. The van der Waals surface area contributed by atoms with E-state index >= 15 is 0 Å². The van der Waals surface area contributed by atoms with Gasteiger partial charge < -0.3 is 15.6 Å². The fourth-order valence-electron chi connectivity index (χ4n) is 8.97. The maximum absolute atomic E-state index is 13.2. The van der Waals surface area contributed by atoms with Crippen LogP contribution in [0.3, 0.4) is 0 Å². The molecule has 3 N–H and O–H groups in total. The molecule has 0 amide bonds. The van der Waals surface area contributed by atoms with Gasteiger partial charge in [-0.25, -0.2) is 4.68 Å². The largest absolute Gasteiger partial charge is 0.494 e. The van der Waals surface area contributed by atoms with E-state index in [-0.39, 0.29) is 29.1 Å². The summed E-state index contributed by atoms with van der Waals surface area (Å²) in [5.41, 5.74) is 12.6. The van der Waals surface area contributed by atoms with Crippen LogP contribution < -0.4 is 10.5 Å². The Morgan fingerprint density at radius 3 is 2.51 bits per heavy atom. The smallest absolute Gasteiger partial charge is 0.193 e. The Bertz CT molecular complexity index is 1580. The van der Waals surface area contributed by atoms with Gasteiger partial charge in [-0.15, -0.1) is 12.3 Å². The van der Waals surface area contributed by atoms with E-state index in [0.29, 0.717) is 48.5 Å². The minimum Gasteiger partial charge on any atom is -0.494 e. The average Bonchev–Trinajstić information content (AvgIpc) is 3.61. The van der Waals surface area contributed by atoms with Crippen molar-refractivity contribution >= 4 is 5.78 Å². The number of nitrogens with zero attached hydrogens (tertiary/aromatic N) is 2. The van der Waals surface area contributed by atoms with Crippen LogP contribution >= 0.6 is 0 Å². The van der Waals surface area contributed by atoms with Crippen LogP contribution in [0, 0.1) is 46.8 Å². The predicted molar refractivity (Wildman–Crippen MR) is 178 cm³/mol. The highest BCUT2D eigenvalue weighted by atomic mass is 16.5. The average molecular weight is 606 g/mol. The first-order valence-electron chi connectivity index (χ1n) is 16.6. The third kappa shape index (κ3) is 5.66. The number of nitrogens with two attached hydrogens (primary N) is 1. The zero-order chi connectivity index (χ0) is 31.8. The molecule has 6 rings (SSSR count). The Morgan fingerprint density at radius 1 is 1.13 bits per heavy atom. The number of benzene rings is 2. The molecule has 1 heterocycles. The molecule has 2 fully saturated rings. The van der Waals surface area contributed by atoms with Gasteiger partial charge in [0.15, 0.2) is 5.78 Å². The highest BCUT2D eigenvalue weighted by Crippen LogP contribution is 2.62.